The highest BCUT2D eigenvalue weighted by atomic mass is 32.1. The number of likely N-dealkylation sites (N-methyl/N-ethyl adjacent to an activating group) is 1. The number of hydrogen-bond donors (Lipinski definition) is 1. The van der Waals surface area contributed by atoms with Crippen LogP contribution in [0.25, 0.3) is 11.0 Å². The largest absolute Gasteiger partial charge is 0.351 e. The van der Waals surface area contributed by atoms with E-state index in [4.69, 9.17) is 4.98 Å². The molecule has 1 saturated carbocycles. The van der Waals surface area contributed by atoms with Crippen LogP contribution >= 0.6 is 11.3 Å². The van der Waals surface area contributed by atoms with Crippen molar-refractivity contribution < 1.29 is 9.59 Å². The molecule has 0 unspecified atom stereocenters. The van der Waals surface area contributed by atoms with Crippen molar-refractivity contribution in [1.82, 2.24) is 19.8 Å². The number of hydrogen-bond acceptors (Lipinski definition) is 4. The minimum Gasteiger partial charge on any atom is -0.351 e. The summed E-state index contributed by atoms with van der Waals surface area (Å²) in [5, 5.41) is 4.87. The second-order valence-corrected chi connectivity index (χ2v) is 9.18. The summed E-state index contributed by atoms with van der Waals surface area (Å²) in [6.45, 7) is 0.889. The van der Waals surface area contributed by atoms with Crippen LogP contribution in [-0.2, 0) is 17.8 Å². The standard InChI is InChI=1S/C24H30N4O2S/c1-27(18-9-3-2-4-10-18)23(29)17-28-20-12-6-5-11-19(20)26-22(28)14-7-15-25-24(30)21-13-8-16-31-21/h5-6,8,11-13,16,18H,2-4,7,9-10,14-15,17H2,1H3,(H,25,30). The zero-order chi connectivity index (χ0) is 21.6. The van der Waals surface area contributed by atoms with Crippen molar-refractivity contribution in [3.05, 3.63) is 52.5 Å². The molecule has 6 nitrogen and oxygen atoms in total. The number of amides is 2. The lowest BCUT2D eigenvalue weighted by Gasteiger charge is -2.31. The van der Waals surface area contributed by atoms with Crippen molar-refractivity contribution in [2.75, 3.05) is 13.6 Å². The van der Waals surface area contributed by atoms with Crippen LogP contribution in [0.2, 0.25) is 0 Å². The van der Waals surface area contributed by atoms with Gasteiger partial charge in [-0.25, -0.2) is 4.98 Å². The number of fused-ring (bicyclic) bond motifs is 1. The molecule has 1 aliphatic carbocycles. The van der Waals surface area contributed by atoms with E-state index in [1.54, 1.807) is 0 Å². The van der Waals surface area contributed by atoms with Gasteiger partial charge in [-0.3, -0.25) is 9.59 Å². The lowest BCUT2D eigenvalue weighted by molar-refractivity contribution is -0.133. The number of carbonyl (C=O) groups excluding carboxylic acids is 2. The van der Waals surface area contributed by atoms with Crippen molar-refractivity contribution in [2.24, 2.45) is 0 Å². The SMILES string of the molecule is CN(C(=O)Cn1c(CCCNC(=O)c2cccs2)nc2ccccc21)C1CCCCC1. The van der Waals surface area contributed by atoms with Crippen LogP contribution in [0.4, 0.5) is 0 Å². The number of thiophene rings is 1. The number of carbonyl (C=O) groups is 2. The molecule has 1 aliphatic rings. The van der Waals surface area contributed by atoms with Gasteiger partial charge in [0, 0.05) is 26.1 Å². The monoisotopic (exact) mass is 438 g/mol. The Bertz CT molecular complexity index is 1020. The number of benzene rings is 1. The van der Waals surface area contributed by atoms with E-state index >= 15 is 0 Å². The first-order valence-electron chi connectivity index (χ1n) is 11.1. The Morgan fingerprint density at radius 2 is 1.97 bits per heavy atom. The Labute approximate surface area is 187 Å². The Balaban J connectivity index is 1.41. The summed E-state index contributed by atoms with van der Waals surface area (Å²) in [7, 11) is 1.94. The smallest absolute Gasteiger partial charge is 0.261 e. The Morgan fingerprint density at radius 3 is 2.74 bits per heavy atom. The van der Waals surface area contributed by atoms with Gasteiger partial charge in [0.25, 0.3) is 5.91 Å². The molecule has 0 bridgehead atoms. The predicted molar refractivity (Wildman–Crippen MR) is 124 cm³/mol. The van der Waals surface area contributed by atoms with Crippen molar-refractivity contribution in [2.45, 2.75) is 57.5 Å². The first-order valence-corrected chi connectivity index (χ1v) is 12.0. The van der Waals surface area contributed by atoms with E-state index in [1.807, 2.05) is 53.7 Å². The van der Waals surface area contributed by atoms with Gasteiger partial charge in [0.2, 0.25) is 5.91 Å². The van der Waals surface area contributed by atoms with E-state index in [0.29, 0.717) is 25.6 Å². The number of rotatable bonds is 8. The zero-order valence-electron chi connectivity index (χ0n) is 18.0. The van der Waals surface area contributed by atoms with E-state index in [9.17, 15) is 9.59 Å². The molecule has 2 heterocycles. The van der Waals surface area contributed by atoms with Crippen LogP contribution in [0.3, 0.4) is 0 Å². The molecule has 1 aromatic carbocycles. The maximum absolute atomic E-state index is 13.1. The number of nitrogens with zero attached hydrogens (tertiary/aromatic N) is 3. The van der Waals surface area contributed by atoms with Gasteiger partial charge in [-0.2, -0.15) is 0 Å². The average Bonchev–Trinajstić information content (AvgIpc) is 3.45. The molecule has 4 rings (SSSR count). The Morgan fingerprint density at radius 1 is 1.16 bits per heavy atom. The summed E-state index contributed by atoms with van der Waals surface area (Å²) in [4.78, 5) is 32.7. The molecule has 1 fully saturated rings. The highest BCUT2D eigenvalue weighted by Crippen LogP contribution is 2.23. The van der Waals surface area contributed by atoms with Gasteiger partial charge in [-0.05, 0) is 42.8 Å². The van der Waals surface area contributed by atoms with Gasteiger partial charge in [0.15, 0.2) is 0 Å². The summed E-state index contributed by atoms with van der Waals surface area (Å²) in [6.07, 6.45) is 7.37. The highest BCUT2D eigenvalue weighted by Gasteiger charge is 2.23. The number of aryl methyl sites for hydroxylation is 1. The highest BCUT2D eigenvalue weighted by molar-refractivity contribution is 7.12. The predicted octanol–water partition coefficient (Wildman–Crippen LogP) is 4.25. The van der Waals surface area contributed by atoms with Crippen molar-refractivity contribution in [3.63, 3.8) is 0 Å². The molecule has 0 aliphatic heterocycles. The van der Waals surface area contributed by atoms with Crippen LogP contribution in [0, 0.1) is 0 Å². The van der Waals surface area contributed by atoms with Crippen molar-refractivity contribution in [3.8, 4) is 0 Å². The third kappa shape index (κ3) is 5.15. The van der Waals surface area contributed by atoms with E-state index in [2.05, 4.69) is 9.88 Å². The Kier molecular flexibility index (Phi) is 7.02. The molecule has 0 atom stereocenters. The molecule has 0 saturated heterocycles. The maximum Gasteiger partial charge on any atom is 0.261 e. The fourth-order valence-electron chi connectivity index (χ4n) is 4.35. The third-order valence-electron chi connectivity index (χ3n) is 6.15. The van der Waals surface area contributed by atoms with Crippen LogP contribution in [0.5, 0.6) is 0 Å². The topological polar surface area (TPSA) is 67.2 Å². The molecule has 2 amide bonds. The summed E-state index contributed by atoms with van der Waals surface area (Å²) in [5.74, 6) is 1.01. The van der Waals surface area contributed by atoms with E-state index in [0.717, 1.165) is 41.0 Å². The number of aromatic nitrogens is 2. The molecule has 164 valence electrons. The zero-order valence-corrected chi connectivity index (χ0v) is 18.9. The summed E-state index contributed by atoms with van der Waals surface area (Å²) >= 11 is 1.44. The van der Waals surface area contributed by atoms with E-state index in [1.165, 1.54) is 30.6 Å². The minimum absolute atomic E-state index is 0.0345. The first-order chi connectivity index (χ1) is 15.1. The third-order valence-corrected chi connectivity index (χ3v) is 7.02. The molecule has 3 aromatic rings. The lowest BCUT2D eigenvalue weighted by Crippen LogP contribution is -2.40. The summed E-state index contributed by atoms with van der Waals surface area (Å²) in [6, 6.07) is 12.0. The Hall–Kier alpha value is -2.67. The van der Waals surface area contributed by atoms with Crippen LogP contribution < -0.4 is 5.32 Å². The van der Waals surface area contributed by atoms with Crippen molar-refractivity contribution in [1.29, 1.82) is 0 Å². The maximum atomic E-state index is 13.1. The normalized spacial score (nSPS) is 14.6. The van der Waals surface area contributed by atoms with Gasteiger partial charge < -0.3 is 14.8 Å². The molecule has 2 aromatic heterocycles. The second-order valence-electron chi connectivity index (χ2n) is 8.24. The first kappa shape index (κ1) is 21.6. The molecular weight excluding hydrogens is 408 g/mol. The van der Waals surface area contributed by atoms with Gasteiger partial charge in [-0.1, -0.05) is 37.5 Å². The fraction of sp³-hybridized carbons (Fsp3) is 0.458. The fourth-order valence-corrected chi connectivity index (χ4v) is 4.99. The number of para-hydroxylation sites is 2. The molecule has 31 heavy (non-hydrogen) atoms. The second kappa shape index (κ2) is 10.1. The lowest BCUT2D eigenvalue weighted by atomic mass is 9.94. The van der Waals surface area contributed by atoms with Gasteiger partial charge >= 0.3 is 0 Å². The van der Waals surface area contributed by atoms with Crippen molar-refractivity contribution >= 4 is 34.2 Å². The minimum atomic E-state index is -0.0345. The summed E-state index contributed by atoms with van der Waals surface area (Å²) < 4.78 is 2.05. The molecule has 0 spiro atoms. The van der Waals surface area contributed by atoms with E-state index in [-0.39, 0.29) is 11.8 Å². The van der Waals surface area contributed by atoms with Crippen LogP contribution in [-0.4, -0.2) is 45.9 Å². The van der Waals surface area contributed by atoms with Gasteiger partial charge in [-0.15, -0.1) is 11.3 Å². The van der Waals surface area contributed by atoms with E-state index < -0.39 is 0 Å². The summed E-state index contributed by atoms with van der Waals surface area (Å²) in [5.41, 5.74) is 1.90. The number of nitrogens with one attached hydrogen (secondary N) is 1. The number of imidazole rings is 1. The van der Waals surface area contributed by atoms with Crippen LogP contribution in [0.15, 0.2) is 41.8 Å². The van der Waals surface area contributed by atoms with Crippen LogP contribution in [0.1, 0.15) is 54.0 Å². The van der Waals surface area contributed by atoms with Gasteiger partial charge in [0.1, 0.15) is 12.4 Å². The quantitative estimate of drug-likeness (QED) is 0.535. The van der Waals surface area contributed by atoms with Gasteiger partial charge in [0.05, 0.1) is 15.9 Å². The molecule has 0 radical (unpaired) electrons. The average molecular weight is 439 g/mol. The molecule has 1 N–H and O–H groups in total. The molecule has 7 heteroatoms. The molecular formula is C24H30N4O2S.